The van der Waals surface area contributed by atoms with Gasteiger partial charge in [0.15, 0.2) is 0 Å². The van der Waals surface area contributed by atoms with E-state index in [2.05, 4.69) is 27.7 Å². The average Bonchev–Trinajstić information content (AvgIpc) is 3.24. The number of benzene rings is 1. The standard InChI is InChI=1S/C37H51NO8/c1-20(2)25(23-9-8-10-24(17-23)38(44)45)11-12-26(34(42)43)32-28-18-30(41)33-35(5)15-14-29(40)21(3)27(35)13-16-36(33,6)37(28,7)19-31(32)46-22(4)39/h8-10,17,21,27-31,33,40-41H,11-16,18-19H2,1-7H3,(H,42,43)/t21-,27?,28+,29+,30+,31-,33+,35-,36-,37-/m0/s1. The van der Waals surface area contributed by atoms with Gasteiger partial charge >= 0.3 is 11.9 Å². The Morgan fingerprint density at radius 1 is 1.02 bits per heavy atom. The van der Waals surface area contributed by atoms with Gasteiger partial charge in [0.2, 0.25) is 0 Å². The zero-order valence-electron chi connectivity index (χ0n) is 28.3. The van der Waals surface area contributed by atoms with Crippen molar-refractivity contribution in [3.8, 4) is 0 Å². The number of esters is 1. The highest BCUT2D eigenvalue weighted by molar-refractivity contribution is 5.89. The highest BCUT2D eigenvalue weighted by Crippen LogP contribution is 2.74. The summed E-state index contributed by atoms with van der Waals surface area (Å²) < 4.78 is 5.95. The second-order valence-electron chi connectivity index (χ2n) is 15.6. The summed E-state index contributed by atoms with van der Waals surface area (Å²) in [5, 5.41) is 45.1. The maximum absolute atomic E-state index is 13.1. The number of nitrogens with zero attached hydrogens (tertiary/aromatic N) is 1. The van der Waals surface area contributed by atoms with E-state index in [0.717, 1.165) is 30.4 Å². The number of ether oxygens (including phenoxy) is 1. The van der Waals surface area contributed by atoms with Crippen molar-refractivity contribution in [2.24, 2.45) is 39.9 Å². The number of aliphatic hydroxyl groups excluding tert-OH is 2. The minimum Gasteiger partial charge on any atom is -0.478 e. The van der Waals surface area contributed by atoms with Crippen LogP contribution in [-0.4, -0.2) is 50.5 Å². The molecule has 1 unspecified atom stereocenters. The molecule has 9 heteroatoms. The number of non-ortho nitro benzene ring substituents is 1. The van der Waals surface area contributed by atoms with Crippen LogP contribution in [0.3, 0.4) is 0 Å². The number of rotatable bonds is 7. The summed E-state index contributed by atoms with van der Waals surface area (Å²) in [5.41, 5.74) is 2.28. The van der Waals surface area contributed by atoms with E-state index in [-0.39, 0.29) is 58.3 Å². The number of aliphatic hydroxyl groups is 2. The third-order valence-electron chi connectivity index (χ3n) is 13.3. The van der Waals surface area contributed by atoms with E-state index in [4.69, 9.17) is 4.74 Å². The summed E-state index contributed by atoms with van der Waals surface area (Å²) in [7, 11) is 0. The molecule has 10 atom stereocenters. The molecular weight excluding hydrogens is 586 g/mol. The predicted octanol–water partition coefficient (Wildman–Crippen LogP) is 7.10. The van der Waals surface area contributed by atoms with E-state index < -0.39 is 34.5 Å². The van der Waals surface area contributed by atoms with Crippen molar-refractivity contribution in [1.82, 2.24) is 0 Å². The maximum atomic E-state index is 13.1. The maximum Gasteiger partial charge on any atom is 0.331 e. The van der Waals surface area contributed by atoms with E-state index in [1.165, 1.54) is 19.1 Å². The number of carboxylic acid groups (broad SMARTS) is 1. The van der Waals surface area contributed by atoms with Crippen LogP contribution in [0.2, 0.25) is 0 Å². The molecule has 0 heterocycles. The van der Waals surface area contributed by atoms with Gasteiger partial charge in [-0.1, -0.05) is 45.4 Å². The number of hydrogen-bond acceptors (Lipinski definition) is 7. The number of allylic oxidation sites excluding steroid dienone is 2. The molecule has 0 radical (unpaired) electrons. The van der Waals surface area contributed by atoms with E-state index in [1.807, 2.05) is 13.8 Å². The topological polar surface area (TPSA) is 147 Å². The molecule has 0 amide bonds. The van der Waals surface area contributed by atoms with Crippen molar-refractivity contribution in [3.63, 3.8) is 0 Å². The van der Waals surface area contributed by atoms with Gasteiger partial charge < -0.3 is 20.1 Å². The molecule has 4 aliphatic rings. The first-order valence-corrected chi connectivity index (χ1v) is 16.9. The number of nitro benzene ring substituents is 1. The Bertz CT molecular complexity index is 1480. The molecule has 4 aliphatic carbocycles. The van der Waals surface area contributed by atoms with Gasteiger partial charge in [-0.15, -0.1) is 0 Å². The summed E-state index contributed by atoms with van der Waals surface area (Å²) >= 11 is 0. The third-order valence-corrected chi connectivity index (χ3v) is 13.3. The number of hydrogen-bond donors (Lipinski definition) is 3. The lowest BCUT2D eigenvalue weighted by atomic mass is 9.36. The van der Waals surface area contributed by atoms with Crippen molar-refractivity contribution in [1.29, 1.82) is 0 Å². The van der Waals surface area contributed by atoms with E-state index in [1.54, 1.807) is 12.1 Å². The largest absolute Gasteiger partial charge is 0.478 e. The van der Waals surface area contributed by atoms with Crippen LogP contribution < -0.4 is 0 Å². The number of carbonyl (C=O) groups is 2. The highest BCUT2D eigenvalue weighted by Gasteiger charge is 2.70. The van der Waals surface area contributed by atoms with Crippen molar-refractivity contribution in [3.05, 3.63) is 56.7 Å². The SMILES string of the molecule is CC(=O)O[C@H]1C[C@@]2(C)[C@H](C[C@@H](O)[C@@H]3[C@@]4(C)CC[C@@H](O)[C@@H](C)C4CC[C@@]32C)C1=C(CCC(=C(C)C)c1cccc([N+](=O)[O-])c1)C(=O)O. The average molecular weight is 638 g/mol. The molecule has 0 saturated heterocycles. The molecule has 46 heavy (non-hydrogen) atoms. The molecule has 9 nitrogen and oxygen atoms in total. The second-order valence-corrected chi connectivity index (χ2v) is 15.6. The molecule has 4 fully saturated rings. The van der Waals surface area contributed by atoms with Crippen LogP contribution in [-0.2, 0) is 14.3 Å². The first kappa shape index (κ1) is 34.3. The zero-order valence-corrected chi connectivity index (χ0v) is 28.3. The molecule has 0 bridgehead atoms. The monoisotopic (exact) mass is 637 g/mol. The van der Waals surface area contributed by atoms with Gasteiger partial charge in [-0.3, -0.25) is 14.9 Å². The molecule has 252 valence electrons. The zero-order chi connectivity index (χ0) is 33.9. The Hall–Kier alpha value is -3.04. The van der Waals surface area contributed by atoms with Gasteiger partial charge in [-0.2, -0.15) is 0 Å². The first-order chi connectivity index (χ1) is 21.5. The fraction of sp³-hybridized carbons (Fsp3) is 0.676. The van der Waals surface area contributed by atoms with Crippen LogP contribution in [0, 0.1) is 50.0 Å². The smallest absolute Gasteiger partial charge is 0.331 e. The molecule has 5 rings (SSSR count). The van der Waals surface area contributed by atoms with Gasteiger partial charge in [0.05, 0.1) is 17.1 Å². The molecule has 1 aromatic carbocycles. The minimum atomic E-state index is -1.07. The Balaban J connectivity index is 1.57. The van der Waals surface area contributed by atoms with Crippen LogP contribution >= 0.6 is 0 Å². The highest BCUT2D eigenvalue weighted by atomic mass is 16.6. The Morgan fingerprint density at radius 3 is 2.33 bits per heavy atom. The molecule has 4 saturated carbocycles. The van der Waals surface area contributed by atoms with Crippen molar-refractivity contribution < 1.29 is 34.6 Å². The fourth-order valence-corrected chi connectivity index (χ4v) is 11.0. The lowest BCUT2D eigenvalue weighted by Gasteiger charge is -2.69. The molecule has 0 aromatic heterocycles. The van der Waals surface area contributed by atoms with Crippen molar-refractivity contribution >= 4 is 23.2 Å². The van der Waals surface area contributed by atoms with E-state index >= 15 is 0 Å². The van der Waals surface area contributed by atoms with Crippen LogP contribution in [0.5, 0.6) is 0 Å². The molecular formula is C37H51NO8. The predicted molar refractivity (Wildman–Crippen MR) is 174 cm³/mol. The molecule has 3 N–H and O–H groups in total. The fourth-order valence-electron chi connectivity index (χ4n) is 11.0. The number of carboxylic acids is 1. The van der Waals surface area contributed by atoms with Gasteiger partial charge in [-0.25, -0.2) is 4.79 Å². The number of fused-ring (bicyclic) bond motifs is 5. The van der Waals surface area contributed by atoms with Crippen LogP contribution in [0.15, 0.2) is 41.0 Å². The number of carbonyl (C=O) groups excluding carboxylic acids is 1. The van der Waals surface area contributed by atoms with Gasteiger partial charge in [0, 0.05) is 24.6 Å². The minimum absolute atomic E-state index is 0.0289. The Morgan fingerprint density at radius 2 is 1.72 bits per heavy atom. The quantitative estimate of drug-likeness (QED) is 0.124. The van der Waals surface area contributed by atoms with E-state index in [9.17, 15) is 35.0 Å². The van der Waals surface area contributed by atoms with Gasteiger partial charge in [-0.05, 0) is 122 Å². The van der Waals surface area contributed by atoms with Crippen molar-refractivity contribution in [2.75, 3.05) is 0 Å². The second kappa shape index (κ2) is 12.2. The molecule has 0 spiro atoms. The normalized spacial score (nSPS) is 39.4. The van der Waals surface area contributed by atoms with Crippen molar-refractivity contribution in [2.45, 2.75) is 118 Å². The summed E-state index contributed by atoms with van der Waals surface area (Å²) in [5.74, 6) is -1.44. The summed E-state index contributed by atoms with van der Waals surface area (Å²) in [6.07, 6.45) is 2.95. The Kier molecular flexibility index (Phi) is 9.10. The lowest BCUT2D eigenvalue weighted by Crippen LogP contribution is -2.65. The Labute approximate surface area is 272 Å². The van der Waals surface area contributed by atoms with E-state index in [0.29, 0.717) is 36.8 Å². The first-order valence-electron chi connectivity index (χ1n) is 16.9. The third kappa shape index (κ3) is 5.41. The lowest BCUT2D eigenvalue weighted by molar-refractivity contribution is -0.384. The van der Waals surface area contributed by atoms with Gasteiger partial charge in [0.25, 0.3) is 5.69 Å². The van der Waals surface area contributed by atoms with Crippen LogP contribution in [0.1, 0.15) is 105 Å². The molecule has 0 aliphatic heterocycles. The number of aliphatic carboxylic acids is 1. The number of nitro groups is 1. The summed E-state index contributed by atoms with van der Waals surface area (Å²) in [6, 6.07) is 6.39. The van der Waals surface area contributed by atoms with Gasteiger partial charge in [0.1, 0.15) is 6.10 Å². The summed E-state index contributed by atoms with van der Waals surface area (Å²) in [4.78, 5) is 36.6. The van der Waals surface area contributed by atoms with Crippen LogP contribution in [0.4, 0.5) is 5.69 Å². The van der Waals surface area contributed by atoms with Crippen LogP contribution in [0.25, 0.3) is 5.57 Å². The molecule has 1 aromatic rings. The summed E-state index contributed by atoms with van der Waals surface area (Å²) in [6.45, 7) is 14.1.